The van der Waals surface area contributed by atoms with Crippen molar-refractivity contribution >= 4 is 34.4 Å². The molecule has 26 heavy (non-hydrogen) atoms. The number of fused-ring (bicyclic) bond motifs is 2. The zero-order valence-electron chi connectivity index (χ0n) is 13.5. The van der Waals surface area contributed by atoms with Gasteiger partial charge in [0.05, 0.1) is 35.3 Å². The Hall–Kier alpha value is -3.13. The maximum absolute atomic E-state index is 11.4. The molecule has 1 aliphatic rings. The minimum Gasteiger partial charge on any atom is -0.334 e. The molecule has 2 aromatic carbocycles. The molecule has 0 fully saturated rings. The quantitative estimate of drug-likeness (QED) is 0.602. The number of rotatable bonds is 3. The number of para-hydroxylation sites is 2. The molecule has 0 atom stereocenters. The van der Waals surface area contributed by atoms with E-state index in [-0.39, 0.29) is 5.91 Å². The van der Waals surface area contributed by atoms with Crippen molar-refractivity contribution < 1.29 is 9.32 Å². The Morgan fingerprint density at radius 1 is 1.23 bits per heavy atom. The summed E-state index contributed by atoms with van der Waals surface area (Å²) in [5, 5.41) is 6.94. The number of hydrogen-bond donors (Lipinski definition) is 1. The third-order valence-electron chi connectivity index (χ3n) is 4.17. The fraction of sp³-hybridized carbons (Fsp3) is 0.111. The van der Waals surface area contributed by atoms with Crippen molar-refractivity contribution in [3.8, 4) is 11.5 Å². The van der Waals surface area contributed by atoms with Crippen LogP contribution in [-0.4, -0.2) is 31.4 Å². The van der Waals surface area contributed by atoms with Crippen molar-refractivity contribution in [2.45, 2.75) is 11.4 Å². The second-order valence-electron chi connectivity index (χ2n) is 5.92. The lowest BCUT2D eigenvalue weighted by Crippen LogP contribution is -2.18. The van der Waals surface area contributed by atoms with Crippen LogP contribution in [0.4, 0.5) is 5.69 Å². The van der Waals surface area contributed by atoms with Gasteiger partial charge in [0.1, 0.15) is 0 Å². The van der Waals surface area contributed by atoms with Crippen LogP contribution in [0.3, 0.4) is 0 Å². The first-order valence-corrected chi connectivity index (χ1v) is 9.04. The maximum atomic E-state index is 11.4. The van der Waals surface area contributed by atoms with Crippen LogP contribution in [0.15, 0.2) is 58.2 Å². The standard InChI is InChI=1S/C18H13N5O2S/c24-17-9-26-15-7-11(5-6-13(15)20-17)18-21-16(22-25-18)8-23-10-19-12-3-1-2-4-14(12)23/h1-7,10H,8-9H2,(H,20,24). The predicted molar refractivity (Wildman–Crippen MR) is 97.9 cm³/mol. The summed E-state index contributed by atoms with van der Waals surface area (Å²) in [6.45, 7) is 0.486. The molecule has 0 radical (unpaired) electrons. The Kier molecular flexibility index (Phi) is 3.49. The SMILES string of the molecule is O=C1CSc2cc(-c3nc(Cn4cnc5ccccc54)no3)ccc2N1. The average molecular weight is 363 g/mol. The molecular formula is C18H13N5O2S. The Morgan fingerprint density at radius 3 is 3.12 bits per heavy atom. The van der Waals surface area contributed by atoms with Crippen LogP contribution in [0.2, 0.25) is 0 Å². The minimum atomic E-state index is 0.0166. The number of aromatic nitrogens is 4. The fourth-order valence-electron chi connectivity index (χ4n) is 2.93. The Bertz CT molecular complexity index is 1130. The van der Waals surface area contributed by atoms with Gasteiger partial charge >= 0.3 is 0 Å². The van der Waals surface area contributed by atoms with Crippen molar-refractivity contribution in [3.63, 3.8) is 0 Å². The summed E-state index contributed by atoms with van der Waals surface area (Å²) in [6, 6.07) is 13.6. The monoisotopic (exact) mass is 363 g/mol. The van der Waals surface area contributed by atoms with Crippen LogP contribution in [0, 0.1) is 0 Å². The van der Waals surface area contributed by atoms with E-state index in [1.54, 1.807) is 6.33 Å². The molecule has 0 aliphatic carbocycles. The average Bonchev–Trinajstić information content (AvgIpc) is 3.29. The van der Waals surface area contributed by atoms with Gasteiger partial charge < -0.3 is 14.4 Å². The van der Waals surface area contributed by atoms with E-state index in [0.29, 0.717) is 24.0 Å². The molecular weight excluding hydrogens is 350 g/mol. The molecule has 0 unspecified atom stereocenters. The highest BCUT2D eigenvalue weighted by Crippen LogP contribution is 2.34. The minimum absolute atomic E-state index is 0.0166. The van der Waals surface area contributed by atoms with Crippen LogP contribution < -0.4 is 5.32 Å². The molecule has 128 valence electrons. The molecule has 3 heterocycles. The number of anilines is 1. The molecule has 5 rings (SSSR count). The van der Waals surface area contributed by atoms with Gasteiger partial charge in [0, 0.05) is 10.5 Å². The zero-order valence-corrected chi connectivity index (χ0v) is 14.4. The Morgan fingerprint density at radius 2 is 2.15 bits per heavy atom. The molecule has 2 aromatic heterocycles. The van der Waals surface area contributed by atoms with Crippen LogP contribution in [-0.2, 0) is 11.3 Å². The van der Waals surface area contributed by atoms with Crippen LogP contribution in [0.25, 0.3) is 22.5 Å². The number of imidazole rings is 1. The highest BCUT2D eigenvalue weighted by molar-refractivity contribution is 8.00. The van der Waals surface area contributed by atoms with E-state index >= 15 is 0 Å². The second kappa shape index (κ2) is 5.99. The predicted octanol–water partition coefficient (Wildman–Crippen LogP) is 3.18. The van der Waals surface area contributed by atoms with Crippen LogP contribution in [0.1, 0.15) is 5.82 Å². The number of amides is 1. The van der Waals surface area contributed by atoms with Gasteiger partial charge in [0.15, 0.2) is 5.82 Å². The van der Waals surface area contributed by atoms with E-state index < -0.39 is 0 Å². The van der Waals surface area contributed by atoms with Gasteiger partial charge in [-0.1, -0.05) is 17.3 Å². The summed E-state index contributed by atoms with van der Waals surface area (Å²) in [5.41, 5.74) is 3.62. The Balaban J connectivity index is 1.43. The highest BCUT2D eigenvalue weighted by Gasteiger charge is 2.18. The molecule has 1 aliphatic heterocycles. The van der Waals surface area contributed by atoms with Crippen molar-refractivity contribution in [1.82, 2.24) is 19.7 Å². The number of thioether (sulfide) groups is 1. The normalized spacial score (nSPS) is 13.6. The number of nitrogens with one attached hydrogen (secondary N) is 1. The lowest BCUT2D eigenvalue weighted by Gasteiger charge is -2.16. The Labute approximate surface area is 152 Å². The van der Waals surface area contributed by atoms with Gasteiger partial charge in [-0.3, -0.25) is 4.79 Å². The molecule has 8 heteroatoms. The first kappa shape index (κ1) is 15.2. The molecule has 4 aromatic rings. The molecule has 1 N–H and O–H groups in total. The van der Waals surface area contributed by atoms with E-state index in [1.165, 1.54) is 11.8 Å². The highest BCUT2D eigenvalue weighted by atomic mass is 32.2. The lowest BCUT2D eigenvalue weighted by molar-refractivity contribution is -0.113. The van der Waals surface area contributed by atoms with Crippen molar-refractivity contribution in [1.29, 1.82) is 0 Å². The first-order valence-electron chi connectivity index (χ1n) is 8.06. The van der Waals surface area contributed by atoms with E-state index in [0.717, 1.165) is 27.2 Å². The summed E-state index contributed by atoms with van der Waals surface area (Å²) >= 11 is 1.50. The van der Waals surface area contributed by atoms with Crippen LogP contribution >= 0.6 is 11.8 Å². The maximum Gasteiger partial charge on any atom is 0.258 e. The zero-order chi connectivity index (χ0) is 17.5. The molecule has 0 bridgehead atoms. The van der Waals surface area contributed by atoms with Crippen molar-refractivity contribution in [3.05, 3.63) is 54.6 Å². The molecule has 0 spiro atoms. The smallest absolute Gasteiger partial charge is 0.258 e. The van der Waals surface area contributed by atoms with E-state index in [1.807, 2.05) is 47.0 Å². The van der Waals surface area contributed by atoms with Crippen molar-refractivity contribution in [2.24, 2.45) is 0 Å². The van der Waals surface area contributed by atoms with Crippen LogP contribution in [0.5, 0.6) is 0 Å². The van der Waals surface area contributed by atoms with Gasteiger partial charge in [0.25, 0.3) is 5.89 Å². The van der Waals surface area contributed by atoms with Gasteiger partial charge in [-0.2, -0.15) is 4.98 Å². The van der Waals surface area contributed by atoms with Crippen molar-refractivity contribution in [2.75, 3.05) is 11.1 Å². The third kappa shape index (κ3) is 2.64. The summed E-state index contributed by atoms with van der Waals surface area (Å²) in [5.74, 6) is 1.48. The largest absolute Gasteiger partial charge is 0.334 e. The summed E-state index contributed by atoms with van der Waals surface area (Å²) < 4.78 is 7.42. The van der Waals surface area contributed by atoms with Gasteiger partial charge in [0.2, 0.25) is 5.91 Å². The van der Waals surface area contributed by atoms with E-state index in [2.05, 4.69) is 20.4 Å². The summed E-state index contributed by atoms with van der Waals surface area (Å²) in [6.07, 6.45) is 1.78. The fourth-order valence-corrected chi connectivity index (χ4v) is 3.78. The molecule has 0 saturated heterocycles. The van der Waals surface area contributed by atoms with Gasteiger partial charge in [-0.05, 0) is 30.3 Å². The number of hydrogen-bond acceptors (Lipinski definition) is 6. The summed E-state index contributed by atoms with van der Waals surface area (Å²) in [7, 11) is 0. The topological polar surface area (TPSA) is 85.8 Å². The number of carbonyl (C=O) groups is 1. The third-order valence-corrected chi connectivity index (χ3v) is 5.22. The summed E-state index contributed by atoms with van der Waals surface area (Å²) in [4.78, 5) is 21.3. The van der Waals surface area contributed by atoms with E-state index in [4.69, 9.17) is 4.52 Å². The van der Waals surface area contributed by atoms with E-state index in [9.17, 15) is 4.79 Å². The number of nitrogens with zero attached hydrogens (tertiary/aromatic N) is 4. The second-order valence-corrected chi connectivity index (χ2v) is 6.94. The number of carbonyl (C=O) groups excluding carboxylic acids is 1. The lowest BCUT2D eigenvalue weighted by atomic mass is 10.2. The van der Waals surface area contributed by atoms with Gasteiger partial charge in [-0.15, -0.1) is 11.8 Å². The first-order chi connectivity index (χ1) is 12.8. The van der Waals surface area contributed by atoms with Gasteiger partial charge in [-0.25, -0.2) is 4.98 Å². The molecule has 1 amide bonds. The molecule has 7 nitrogen and oxygen atoms in total. The number of benzene rings is 2. The molecule has 0 saturated carbocycles.